The average molecular weight is 260 g/mol. The predicted octanol–water partition coefficient (Wildman–Crippen LogP) is 2.87. The lowest BCUT2D eigenvalue weighted by Gasteiger charge is -2.09. The summed E-state index contributed by atoms with van der Waals surface area (Å²) in [7, 11) is 0. The molecule has 0 atom stereocenters. The first-order valence-corrected chi connectivity index (χ1v) is 6.60. The summed E-state index contributed by atoms with van der Waals surface area (Å²) in [5.41, 5.74) is 2.32. The van der Waals surface area contributed by atoms with E-state index in [2.05, 4.69) is 0 Å². The van der Waals surface area contributed by atoms with Crippen LogP contribution in [-0.4, -0.2) is 12.6 Å². The van der Waals surface area contributed by atoms with E-state index in [0.29, 0.717) is 30.5 Å². The van der Waals surface area contributed by atoms with E-state index in [1.807, 2.05) is 31.2 Å². The van der Waals surface area contributed by atoms with Gasteiger partial charge in [0.2, 0.25) is 0 Å². The number of allylic oxidation sites excluding steroid dienone is 1. The Morgan fingerprint density at radius 3 is 3.05 bits per heavy atom. The van der Waals surface area contributed by atoms with E-state index in [4.69, 9.17) is 14.5 Å². The molecule has 4 heteroatoms. The maximum atomic E-state index is 12.1. The number of hydrogen-bond acceptors (Lipinski definition) is 4. The van der Waals surface area contributed by atoms with Crippen molar-refractivity contribution in [3.63, 3.8) is 0 Å². The van der Waals surface area contributed by atoms with E-state index in [-0.39, 0.29) is 5.97 Å². The number of esters is 1. The van der Waals surface area contributed by atoms with E-state index in [1.54, 1.807) is 0 Å². The molecule has 19 heavy (non-hydrogen) atoms. The van der Waals surface area contributed by atoms with Crippen molar-refractivity contribution in [3.8, 4) is 5.75 Å². The van der Waals surface area contributed by atoms with Gasteiger partial charge < -0.3 is 9.62 Å². The van der Waals surface area contributed by atoms with Crippen molar-refractivity contribution in [2.75, 3.05) is 6.61 Å². The third-order valence-corrected chi connectivity index (χ3v) is 3.26. The lowest BCUT2D eigenvalue weighted by Crippen LogP contribution is -2.08. The Hall–Kier alpha value is -1.81. The zero-order valence-corrected chi connectivity index (χ0v) is 10.8. The number of hydrogen-bond donors (Lipinski definition) is 0. The quantitative estimate of drug-likeness (QED) is 0.474. The Bertz CT molecular complexity index is 529. The molecule has 1 fully saturated rings. The Kier molecular flexibility index (Phi) is 3.25. The highest BCUT2D eigenvalue weighted by molar-refractivity contribution is 6.17. The minimum atomic E-state index is -0.293. The molecule has 0 spiro atoms. The van der Waals surface area contributed by atoms with Gasteiger partial charge in [-0.1, -0.05) is 24.3 Å². The van der Waals surface area contributed by atoms with Crippen molar-refractivity contribution in [1.29, 1.82) is 0 Å². The molecular weight excluding hydrogens is 244 g/mol. The number of para-hydroxylation sites is 1. The van der Waals surface area contributed by atoms with Crippen LogP contribution < -0.4 is 4.89 Å². The van der Waals surface area contributed by atoms with Gasteiger partial charge in [-0.2, -0.15) is 4.89 Å². The molecule has 0 amide bonds. The zero-order valence-electron chi connectivity index (χ0n) is 10.8. The molecule has 1 aromatic carbocycles. The van der Waals surface area contributed by atoms with Gasteiger partial charge in [0, 0.05) is 11.1 Å². The van der Waals surface area contributed by atoms with Crippen LogP contribution >= 0.6 is 0 Å². The summed E-state index contributed by atoms with van der Waals surface area (Å²) in [6.07, 6.45) is 4.26. The molecule has 3 rings (SSSR count). The van der Waals surface area contributed by atoms with Crippen LogP contribution in [0.3, 0.4) is 0 Å². The van der Waals surface area contributed by atoms with E-state index in [0.717, 1.165) is 24.0 Å². The van der Waals surface area contributed by atoms with Crippen LogP contribution in [0.15, 0.2) is 24.3 Å². The second-order valence-electron chi connectivity index (χ2n) is 4.78. The average Bonchev–Trinajstić information content (AvgIpc) is 3.10. The largest absolute Gasteiger partial charge is 0.462 e. The standard InChI is InChI=1S/C15H16O4/c1-2-17-15(16)13(8-10-6-7-10)12-5-3-4-11-9-18-19-14(11)12/h3-5,8,10H,2,6-7,9H2,1H3. The number of carbonyl (C=O) groups is 1. The highest BCUT2D eigenvalue weighted by Crippen LogP contribution is 2.39. The molecule has 2 aliphatic rings. The molecule has 0 bridgehead atoms. The van der Waals surface area contributed by atoms with Crippen molar-refractivity contribution >= 4 is 11.5 Å². The third kappa shape index (κ3) is 2.49. The van der Waals surface area contributed by atoms with Gasteiger partial charge >= 0.3 is 5.97 Å². The summed E-state index contributed by atoms with van der Waals surface area (Å²) >= 11 is 0. The molecule has 0 saturated heterocycles. The van der Waals surface area contributed by atoms with Crippen LogP contribution in [0, 0.1) is 5.92 Å². The Balaban J connectivity index is 2.00. The minimum absolute atomic E-state index is 0.293. The monoisotopic (exact) mass is 260 g/mol. The van der Waals surface area contributed by atoms with Crippen LogP contribution in [0.2, 0.25) is 0 Å². The van der Waals surface area contributed by atoms with Gasteiger partial charge in [0.15, 0.2) is 5.75 Å². The normalized spacial score (nSPS) is 17.8. The number of fused-ring (bicyclic) bond motifs is 1. The number of carbonyl (C=O) groups excluding carboxylic acids is 1. The lowest BCUT2D eigenvalue weighted by molar-refractivity contribution is -0.194. The van der Waals surface area contributed by atoms with Crippen LogP contribution in [0.1, 0.15) is 30.9 Å². The van der Waals surface area contributed by atoms with Crippen molar-refractivity contribution in [2.45, 2.75) is 26.4 Å². The lowest BCUT2D eigenvalue weighted by atomic mass is 10.0. The maximum absolute atomic E-state index is 12.1. The van der Waals surface area contributed by atoms with Crippen LogP contribution in [0.25, 0.3) is 5.57 Å². The van der Waals surface area contributed by atoms with Gasteiger partial charge in [0.25, 0.3) is 0 Å². The summed E-state index contributed by atoms with van der Waals surface area (Å²) in [5, 5.41) is 0. The van der Waals surface area contributed by atoms with Gasteiger partial charge in [-0.05, 0) is 25.7 Å². The SMILES string of the molecule is CCOC(=O)C(=CC1CC1)c1cccc2c1OOC2. The molecular formula is C15H16O4. The van der Waals surface area contributed by atoms with E-state index in [9.17, 15) is 4.79 Å². The van der Waals surface area contributed by atoms with Crippen molar-refractivity contribution < 1.29 is 19.3 Å². The highest BCUT2D eigenvalue weighted by atomic mass is 17.2. The van der Waals surface area contributed by atoms with Gasteiger partial charge in [0.05, 0.1) is 12.2 Å². The third-order valence-electron chi connectivity index (χ3n) is 3.26. The molecule has 0 unspecified atom stereocenters. The Morgan fingerprint density at radius 1 is 1.47 bits per heavy atom. The van der Waals surface area contributed by atoms with Gasteiger partial charge in [-0.25, -0.2) is 4.79 Å². The summed E-state index contributed by atoms with van der Waals surface area (Å²) in [5.74, 6) is 0.832. The topological polar surface area (TPSA) is 44.8 Å². The molecule has 4 nitrogen and oxygen atoms in total. The number of benzene rings is 1. The smallest absolute Gasteiger partial charge is 0.338 e. The second kappa shape index (κ2) is 5.05. The molecule has 0 radical (unpaired) electrons. The number of rotatable bonds is 4. The summed E-state index contributed by atoms with van der Waals surface area (Å²) in [4.78, 5) is 22.3. The van der Waals surface area contributed by atoms with Crippen LogP contribution in [0.4, 0.5) is 0 Å². The minimum Gasteiger partial charge on any atom is -0.462 e. The first-order valence-electron chi connectivity index (χ1n) is 6.60. The fourth-order valence-corrected chi connectivity index (χ4v) is 2.14. The van der Waals surface area contributed by atoms with Crippen molar-refractivity contribution in [1.82, 2.24) is 0 Å². The zero-order chi connectivity index (χ0) is 13.2. The second-order valence-corrected chi connectivity index (χ2v) is 4.78. The first kappa shape index (κ1) is 12.2. The molecule has 1 saturated carbocycles. The fraction of sp³-hybridized carbons (Fsp3) is 0.400. The molecule has 100 valence electrons. The number of ether oxygens (including phenoxy) is 1. The van der Waals surface area contributed by atoms with Gasteiger partial charge in [-0.3, -0.25) is 0 Å². The summed E-state index contributed by atoms with van der Waals surface area (Å²) in [6.45, 7) is 2.59. The molecule has 1 aliphatic carbocycles. The maximum Gasteiger partial charge on any atom is 0.338 e. The molecule has 0 aromatic heterocycles. The summed E-state index contributed by atoms with van der Waals surface area (Å²) < 4.78 is 5.14. The van der Waals surface area contributed by atoms with Crippen LogP contribution in [0.5, 0.6) is 5.75 Å². The van der Waals surface area contributed by atoms with E-state index < -0.39 is 0 Å². The Morgan fingerprint density at radius 2 is 2.32 bits per heavy atom. The highest BCUT2D eigenvalue weighted by Gasteiger charge is 2.27. The van der Waals surface area contributed by atoms with Crippen LogP contribution in [-0.2, 0) is 21.0 Å². The van der Waals surface area contributed by atoms with Gasteiger partial charge in [0.1, 0.15) is 6.61 Å². The molecule has 0 N–H and O–H groups in total. The van der Waals surface area contributed by atoms with Gasteiger partial charge in [-0.15, -0.1) is 0 Å². The fourth-order valence-electron chi connectivity index (χ4n) is 2.14. The molecule has 1 aliphatic heterocycles. The first-order chi connectivity index (χ1) is 9.29. The predicted molar refractivity (Wildman–Crippen MR) is 69.2 cm³/mol. The van der Waals surface area contributed by atoms with E-state index in [1.165, 1.54) is 0 Å². The molecule has 1 heterocycles. The Labute approximate surface area is 111 Å². The summed E-state index contributed by atoms with van der Waals surface area (Å²) in [6, 6.07) is 5.72. The molecule has 1 aromatic rings. The van der Waals surface area contributed by atoms with Crippen molar-refractivity contribution in [3.05, 3.63) is 35.4 Å². The van der Waals surface area contributed by atoms with E-state index >= 15 is 0 Å². The van der Waals surface area contributed by atoms with Crippen molar-refractivity contribution in [2.24, 2.45) is 5.92 Å².